The summed E-state index contributed by atoms with van der Waals surface area (Å²) in [7, 11) is 0. The Bertz CT molecular complexity index is 554. The molecule has 25 heavy (non-hydrogen) atoms. The van der Waals surface area contributed by atoms with Gasteiger partial charge in [-0.2, -0.15) is 0 Å². The van der Waals surface area contributed by atoms with Crippen molar-refractivity contribution in [3.05, 3.63) is 47.5 Å². The molecule has 136 valence electrons. The van der Waals surface area contributed by atoms with Gasteiger partial charge in [0.15, 0.2) is 0 Å². The van der Waals surface area contributed by atoms with Crippen LogP contribution in [0.15, 0.2) is 36.4 Å². The lowest BCUT2D eigenvalue weighted by atomic mass is 9.58. The molecule has 0 aliphatic heterocycles. The topological polar surface area (TPSA) is 17.1 Å². The maximum absolute atomic E-state index is 10.4. The third kappa shape index (κ3) is 4.43. The van der Waals surface area contributed by atoms with E-state index < -0.39 is 0 Å². The number of hydrogen-bond acceptors (Lipinski definition) is 1. The van der Waals surface area contributed by atoms with Crippen molar-refractivity contribution in [2.24, 2.45) is 11.8 Å². The van der Waals surface area contributed by atoms with Gasteiger partial charge in [0, 0.05) is 6.42 Å². The Hall–Kier alpha value is -1.37. The van der Waals surface area contributed by atoms with Crippen LogP contribution in [0, 0.1) is 18.8 Å². The Morgan fingerprint density at radius 3 is 2.28 bits per heavy atom. The van der Waals surface area contributed by atoms with Gasteiger partial charge in [-0.1, -0.05) is 61.2 Å². The fourth-order valence-corrected chi connectivity index (χ4v) is 5.32. The van der Waals surface area contributed by atoms with Crippen LogP contribution in [0.5, 0.6) is 0 Å². The van der Waals surface area contributed by atoms with Crippen molar-refractivity contribution in [2.75, 3.05) is 0 Å². The smallest absolute Gasteiger partial charge is 0.120 e. The molecule has 2 fully saturated rings. The first kappa shape index (κ1) is 18.4. The molecule has 0 atom stereocenters. The Morgan fingerprint density at radius 2 is 1.64 bits per heavy atom. The van der Waals surface area contributed by atoms with Crippen molar-refractivity contribution in [1.29, 1.82) is 0 Å². The number of hydrogen-bond donors (Lipinski definition) is 0. The van der Waals surface area contributed by atoms with E-state index in [1.54, 1.807) is 5.56 Å². The second-order valence-electron chi connectivity index (χ2n) is 8.37. The number of benzene rings is 1. The molecule has 0 bridgehead atoms. The average molecular weight is 339 g/mol. The molecule has 0 radical (unpaired) electrons. The lowest BCUT2D eigenvalue weighted by Crippen LogP contribution is -2.39. The van der Waals surface area contributed by atoms with Crippen LogP contribution in [0.2, 0.25) is 0 Å². The van der Waals surface area contributed by atoms with E-state index in [9.17, 15) is 4.79 Å². The predicted octanol–water partition coefficient (Wildman–Crippen LogP) is 6.54. The second kappa shape index (κ2) is 8.83. The monoisotopic (exact) mass is 338 g/mol. The minimum absolute atomic E-state index is 0.443. The molecule has 0 amide bonds. The lowest BCUT2D eigenvalue weighted by molar-refractivity contribution is -0.107. The summed E-state index contributed by atoms with van der Waals surface area (Å²) in [5.41, 5.74) is 3.43. The maximum atomic E-state index is 10.4. The molecule has 0 aromatic heterocycles. The summed E-state index contributed by atoms with van der Waals surface area (Å²) in [4.78, 5) is 10.4. The van der Waals surface area contributed by atoms with E-state index in [1.807, 2.05) is 0 Å². The van der Waals surface area contributed by atoms with E-state index in [0.29, 0.717) is 11.8 Å². The summed E-state index contributed by atoms with van der Waals surface area (Å²) in [5.74, 6) is 1.59. The zero-order valence-corrected chi connectivity index (χ0v) is 15.9. The van der Waals surface area contributed by atoms with Gasteiger partial charge in [0.2, 0.25) is 0 Å². The second-order valence-corrected chi connectivity index (χ2v) is 8.37. The van der Waals surface area contributed by atoms with Gasteiger partial charge < -0.3 is 4.79 Å². The Labute approximate surface area is 153 Å². The van der Waals surface area contributed by atoms with Crippen LogP contribution < -0.4 is 0 Å². The van der Waals surface area contributed by atoms with Gasteiger partial charge in [-0.05, 0) is 74.7 Å². The summed E-state index contributed by atoms with van der Waals surface area (Å²) in [6, 6.07) is 9.47. The summed E-state index contributed by atoms with van der Waals surface area (Å²) >= 11 is 0. The molecule has 1 aromatic carbocycles. The molecule has 0 heterocycles. The Balaban J connectivity index is 1.68. The van der Waals surface area contributed by atoms with Crippen molar-refractivity contribution in [2.45, 2.75) is 83.0 Å². The number of unbranched alkanes of at least 4 members (excludes halogenated alkanes) is 1. The first-order valence-corrected chi connectivity index (χ1v) is 10.4. The highest BCUT2D eigenvalue weighted by molar-refractivity contribution is 5.49. The van der Waals surface area contributed by atoms with Crippen molar-refractivity contribution >= 4 is 6.29 Å². The van der Waals surface area contributed by atoms with Gasteiger partial charge in [0.1, 0.15) is 6.29 Å². The largest absolute Gasteiger partial charge is 0.303 e. The molecule has 0 N–H and O–H groups in total. The van der Waals surface area contributed by atoms with Gasteiger partial charge in [-0.15, -0.1) is 0 Å². The Kier molecular flexibility index (Phi) is 6.51. The third-order valence-corrected chi connectivity index (χ3v) is 6.79. The van der Waals surface area contributed by atoms with E-state index in [0.717, 1.165) is 24.5 Å². The fraction of sp³-hybridized carbons (Fsp3) is 0.625. The van der Waals surface area contributed by atoms with Gasteiger partial charge in [0.05, 0.1) is 0 Å². The van der Waals surface area contributed by atoms with Crippen LogP contribution in [-0.2, 0) is 10.2 Å². The minimum Gasteiger partial charge on any atom is -0.303 e. The molecule has 2 aliphatic carbocycles. The van der Waals surface area contributed by atoms with E-state index >= 15 is 0 Å². The summed E-state index contributed by atoms with van der Waals surface area (Å²) in [6.45, 7) is 2.19. The molecule has 1 aromatic rings. The van der Waals surface area contributed by atoms with Crippen LogP contribution in [0.1, 0.15) is 81.8 Å². The van der Waals surface area contributed by atoms with E-state index in [1.165, 1.54) is 63.4 Å². The molecule has 1 nitrogen and oxygen atoms in total. The first-order valence-electron chi connectivity index (χ1n) is 10.4. The summed E-state index contributed by atoms with van der Waals surface area (Å²) in [5, 5.41) is 0. The highest BCUT2D eigenvalue weighted by Crippen LogP contribution is 2.50. The highest BCUT2D eigenvalue weighted by atomic mass is 16.1. The zero-order valence-electron chi connectivity index (χ0n) is 15.9. The fourth-order valence-electron chi connectivity index (χ4n) is 5.32. The number of carbonyl (C=O) groups is 1. The highest BCUT2D eigenvalue weighted by Gasteiger charge is 2.42. The molecule has 0 saturated heterocycles. The number of aryl methyl sites for hydroxylation is 1. The standard InChI is InChI=1S/C24H34O/c1-20-9-13-22(14-10-20)24(17-5-3-6-18-24)23-15-11-21(12-16-23)8-4-2-7-19-25/h4,8-10,13-14,19,21,23H,2-3,5-7,11-12,15-18H2,1H3. The third-order valence-electron chi connectivity index (χ3n) is 6.79. The molecule has 2 aliphatic rings. The lowest BCUT2D eigenvalue weighted by Gasteiger charge is -2.47. The number of rotatable bonds is 6. The summed E-state index contributed by atoms with van der Waals surface area (Å²) in [6.07, 6.45) is 19.6. The molecule has 2 saturated carbocycles. The van der Waals surface area contributed by atoms with E-state index in [-0.39, 0.29) is 0 Å². The molecular formula is C24H34O. The SMILES string of the molecule is Cc1ccc(C2(C3CCC(C=CCCC=O)CC3)CCCCC2)cc1. The van der Waals surface area contributed by atoms with Crippen molar-refractivity contribution < 1.29 is 4.79 Å². The van der Waals surface area contributed by atoms with Crippen LogP contribution in [0.25, 0.3) is 0 Å². The minimum atomic E-state index is 0.443. The quantitative estimate of drug-likeness (QED) is 0.327. The van der Waals surface area contributed by atoms with E-state index in [4.69, 9.17) is 0 Å². The predicted molar refractivity (Wildman–Crippen MR) is 106 cm³/mol. The average Bonchev–Trinajstić information content (AvgIpc) is 2.67. The molecule has 1 heteroatoms. The molecule has 0 spiro atoms. The van der Waals surface area contributed by atoms with Gasteiger partial charge in [-0.25, -0.2) is 0 Å². The Morgan fingerprint density at radius 1 is 0.960 bits per heavy atom. The van der Waals surface area contributed by atoms with Crippen LogP contribution in [0.4, 0.5) is 0 Å². The zero-order chi connectivity index (χ0) is 17.5. The van der Waals surface area contributed by atoms with E-state index in [2.05, 4.69) is 43.3 Å². The van der Waals surface area contributed by atoms with Gasteiger partial charge in [-0.3, -0.25) is 0 Å². The van der Waals surface area contributed by atoms with Crippen molar-refractivity contribution in [3.8, 4) is 0 Å². The van der Waals surface area contributed by atoms with Crippen molar-refractivity contribution in [3.63, 3.8) is 0 Å². The van der Waals surface area contributed by atoms with Gasteiger partial charge in [0.25, 0.3) is 0 Å². The van der Waals surface area contributed by atoms with Crippen LogP contribution in [0.3, 0.4) is 0 Å². The summed E-state index contributed by atoms with van der Waals surface area (Å²) < 4.78 is 0. The molecular weight excluding hydrogens is 304 g/mol. The maximum Gasteiger partial charge on any atom is 0.120 e. The number of aldehydes is 1. The number of allylic oxidation sites excluding steroid dienone is 2. The van der Waals surface area contributed by atoms with Crippen molar-refractivity contribution in [1.82, 2.24) is 0 Å². The first-order chi connectivity index (χ1) is 12.2. The number of carbonyl (C=O) groups excluding carboxylic acids is 1. The molecule has 0 unspecified atom stereocenters. The van der Waals surface area contributed by atoms with Crippen LogP contribution in [-0.4, -0.2) is 6.29 Å². The normalized spacial score (nSPS) is 26.6. The van der Waals surface area contributed by atoms with Crippen LogP contribution >= 0.6 is 0 Å². The molecule has 3 rings (SSSR count). The van der Waals surface area contributed by atoms with Gasteiger partial charge >= 0.3 is 0 Å².